The molecule has 2 aliphatic rings. The van der Waals surface area contributed by atoms with Crippen LogP contribution in [0.15, 0.2) is 48.5 Å². The van der Waals surface area contributed by atoms with Crippen LogP contribution in [0.5, 0.6) is 0 Å². The zero-order chi connectivity index (χ0) is 21.5. The van der Waals surface area contributed by atoms with Crippen LogP contribution in [0.25, 0.3) is 0 Å². The molecule has 2 heterocycles. The number of piperidine rings is 2. The van der Waals surface area contributed by atoms with Crippen molar-refractivity contribution in [2.24, 2.45) is 5.92 Å². The normalized spacial score (nSPS) is 18.7. The molecular weight excluding hydrogens is 382 g/mol. The average Bonchev–Trinajstić information content (AvgIpc) is 2.79. The van der Waals surface area contributed by atoms with Crippen molar-refractivity contribution >= 4 is 5.91 Å². The number of amides is 1. The van der Waals surface area contributed by atoms with Crippen LogP contribution in [0, 0.1) is 12.8 Å². The number of hydrogen-bond acceptors (Lipinski definition) is 3. The summed E-state index contributed by atoms with van der Waals surface area (Å²) < 4.78 is 0. The number of carbonyl (C=O) groups is 1. The summed E-state index contributed by atoms with van der Waals surface area (Å²) in [5.74, 6) is 0.367. The van der Waals surface area contributed by atoms with E-state index in [1.165, 1.54) is 54.6 Å². The van der Waals surface area contributed by atoms with Gasteiger partial charge in [0.15, 0.2) is 0 Å². The molecule has 31 heavy (non-hydrogen) atoms. The molecule has 0 atom stereocenters. The highest BCUT2D eigenvalue weighted by molar-refractivity contribution is 5.78. The van der Waals surface area contributed by atoms with E-state index in [4.69, 9.17) is 0 Å². The van der Waals surface area contributed by atoms with E-state index < -0.39 is 0 Å². The summed E-state index contributed by atoms with van der Waals surface area (Å²) in [4.78, 5) is 17.9. The third-order valence-corrected chi connectivity index (χ3v) is 6.86. The third-order valence-electron chi connectivity index (χ3n) is 6.86. The molecule has 1 N–H and O–H groups in total. The largest absolute Gasteiger partial charge is 0.352 e. The molecule has 0 radical (unpaired) electrons. The van der Waals surface area contributed by atoms with Gasteiger partial charge in [0, 0.05) is 25.6 Å². The fourth-order valence-electron chi connectivity index (χ4n) is 4.99. The number of likely N-dealkylation sites (tertiary alicyclic amines) is 2. The SMILES string of the molecule is Cc1cccc(CN2CCC(C(=O)NCc3ccccc3CN3CCCCC3)CC2)c1. The van der Waals surface area contributed by atoms with Crippen molar-refractivity contribution in [3.05, 3.63) is 70.8 Å². The van der Waals surface area contributed by atoms with Crippen LogP contribution < -0.4 is 5.32 Å². The van der Waals surface area contributed by atoms with E-state index in [-0.39, 0.29) is 11.8 Å². The first-order chi connectivity index (χ1) is 15.2. The van der Waals surface area contributed by atoms with E-state index in [1.54, 1.807) is 0 Å². The van der Waals surface area contributed by atoms with Crippen LogP contribution in [-0.4, -0.2) is 41.9 Å². The molecule has 2 saturated heterocycles. The van der Waals surface area contributed by atoms with Crippen LogP contribution in [0.1, 0.15) is 54.4 Å². The van der Waals surface area contributed by atoms with E-state index in [0.717, 1.165) is 39.0 Å². The summed E-state index contributed by atoms with van der Waals surface area (Å²) in [6.07, 6.45) is 5.88. The van der Waals surface area contributed by atoms with Gasteiger partial charge in [-0.1, -0.05) is 60.5 Å². The lowest BCUT2D eigenvalue weighted by Crippen LogP contribution is -2.40. The smallest absolute Gasteiger partial charge is 0.223 e. The van der Waals surface area contributed by atoms with Gasteiger partial charge in [0.2, 0.25) is 5.91 Å². The number of nitrogens with one attached hydrogen (secondary N) is 1. The van der Waals surface area contributed by atoms with Gasteiger partial charge in [-0.25, -0.2) is 0 Å². The zero-order valence-corrected chi connectivity index (χ0v) is 19.0. The zero-order valence-electron chi connectivity index (χ0n) is 19.0. The standard InChI is InChI=1S/C27H37N3O/c1-22-8-7-9-23(18-22)20-30-16-12-24(13-17-30)27(31)28-19-25-10-3-4-11-26(25)21-29-14-5-2-6-15-29/h3-4,7-11,18,24H,2,5-6,12-17,19-21H2,1H3,(H,28,31). The summed E-state index contributed by atoms with van der Waals surface area (Å²) >= 11 is 0. The maximum absolute atomic E-state index is 12.8. The van der Waals surface area contributed by atoms with Gasteiger partial charge in [0.25, 0.3) is 0 Å². The van der Waals surface area contributed by atoms with Crippen molar-refractivity contribution in [1.82, 2.24) is 15.1 Å². The van der Waals surface area contributed by atoms with Gasteiger partial charge in [-0.3, -0.25) is 14.6 Å². The lowest BCUT2D eigenvalue weighted by molar-refractivity contribution is -0.126. The minimum absolute atomic E-state index is 0.142. The summed E-state index contributed by atoms with van der Waals surface area (Å²) in [6.45, 7) is 9.17. The van der Waals surface area contributed by atoms with E-state index in [9.17, 15) is 4.79 Å². The van der Waals surface area contributed by atoms with Crippen LogP contribution in [0.4, 0.5) is 0 Å². The van der Waals surface area contributed by atoms with Gasteiger partial charge in [0.1, 0.15) is 0 Å². The van der Waals surface area contributed by atoms with Crippen LogP contribution in [0.3, 0.4) is 0 Å². The monoisotopic (exact) mass is 419 g/mol. The molecule has 0 aliphatic carbocycles. The maximum atomic E-state index is 12.8. The van der Waals surface area contributed by atoms with Crippen LogP contribution >= 0.6 is 0 Å². The minimum atomic E-state index is 0.142. The first-order valence-electron chi connectivity index (χ1n) is 12.0. The molecule has 2 aromatic rings. The minimum Gasteiger partial charge on any atom is -0.352 e. The Hall–Kier alpha value is -2.17. The molecule has 0 bridgehead atoms. The molecule has 0 aromatic heterocycles. The molecule has 2 fully saturated rings. The number of aryl methyl sites for hydroxylation is 1. The quantitative estimate of drug-likeness (QED) is 0.717. The highest BCUT2D eigenvalue weighted by Gasteiger charge is 2.25. The number of hydrogen-bond donors (Lipinski definition) is 1. The second-order valence-electron chi connectivity index (χ2n) is 9.36. The Morgan fingerprint density at radius 3 is 2.32 bits per heavy atom. The molecule has 0 saturated carbocycles. The molecule has 2 aromatic carbocycles. The maximum Gasteiger partial charge on any atom is 0.223 e. The van der Waals surface area contributed by atoms with Gasteiger partial charge >= 0.3 is 0 Å². The molecular formula is C27H37N3O. The Morgan fingerprint density at radius 2 is 1.58 bits per heavy atom. The van der Waals surface area contributed by atoms with Crippen molar-refractivity contribution in [2.45, 2.75) is 58.7 Å². The lowest BCUT2D eigenvalue weighted by Gasteiger charge is -2.31. The molecule has 2 aliphatic heterocycles. The summed E-state index contributed by atoms with van der Waals surface area (Å²) in [5.41, 5.74) is 5.30. The Labute approximate surface area is 187 Å². The van der Waals surface area contributed by atoms with Gasteiger partial charge in [-0.15, -0.1) is 0 Å². The van der Waals surface area contributed by atoms with Crippen molar-refractivity contribution in [3.63, 3.8) is 0 Å². The fourth-order valence-corrected chi connectivity index (χ4v) is 4.99. The number of nitrogens with zero attached hydrogens (tertiary/aromatic N) is 2. The second-order valence-corrected chi connectivity index (χ2v) is 9.36. The predicted molar refractivity (Wildman–Crippen MR) is 127 cm³/mol. The molecule has 4 nitrogen and oxygen atoms in total. The van der Waals surface area contributed by atoms with E-state index in [1.807, 2.05) is 0 Å². The van der Waals surface area contributed by atoms with Crippen molar-refractivity contribution in [1.29, 1.82) is 0 Å². The van der Waals surface area contributed by atoms with E-state index in [0.29, 0.717) is 6.54 Å². The Bertz CT molecular complexity index is 851. The molecule has 4 heteroatoms. The Kier molecular flexibility index (Phi) is 7.76. The van der Waals surface area contributed by atoms with Gasteiger partial charge in [-0.2, -0.15) is 0 Å². The second kappa shape index (κ2) is 10.9. The predicted octanol–water partition coefficient (Wildman–Crippen LogP) is 4.51. The van der Waals surface area contributed by atoms with Crippen molar-refractivity contribution < 1.29 is 4.79 Å². The van der Waals surface area contributed by atoms with Crippen molar-refractivity contribution in [3.8, 4) is 0 Å². The van der Waals surface area contributed by atoms with E-state index in [2.05, 4.69) is 70.6 Å². The number of rotatable bonds is 7. The Morgan fingerprint density at radius 1 is 0.871 bits per heavy atom. The highest BCUT2D eigenvalue weighted by Crippen LogP contribution is 2.21. The average molecular weight is 420 g/mol. The Balaban J connectivity index is 1.24. The first-order valence-corrected chi connectivity index (χ1v) is 12.0. The lowest BCUT2D eigenvalue weighted by atomic mass is 9.95. The summed E-state index contributed by atoms with van der Waals surface area (Å²) in [5, 5.41) is 3.24. The first kappa shape index (κ1) is 22.0. The topological polar surface area (TPSA) is 35.6 Å². The molecule has 166 valence electrons. The number of carbonyl (C=O) groups excluding carboxylic acids is 1. The van der Waals surface area contributed by atoms with Gasteiger partial charge in [-0.05, 0) is 75.5 Å². The molecule has 0 unspecified atom stereocenters. The van der Waals surface area contributed by atoms with Crippen LogP contribution in [0.2, 0.25) is 0 Å². The highest BCUT2D eigenvalue weighted by atomic mass is 16.1. The van der Waals surface area contributed by atoms with Gasteiger partial charge < -0.3 is 5.32 Å². The summed E-state index contributed by atoms with van der Waals surface area (Å²) in [6, 6.07) is 17.3. The van der Waals surface area contributed by atoms with Crippen molar-refractivity contribution in [2.75, 3.05) is 26.2 Å². The van der Waals surface area contributed by atoms with E-state index >= 15 is 0 Å². The van der Waals surface area contributed by atoms with Gasteiger partial charge in [0.05, 0.1) is 0 Å². The molecule has 1 amide bonds. The number of benzene rings is 2. The molecule has 4 rings (SSSR count). The van der Waals surface area contributed by atoms with Crippen LogP contribution in [-0.2, 0) is 24.4 Å². The fraction of sp³-hybridized carbons (Fsp3) is 0.519. The third kappa shape index (κ3) is 6.41. The summed E-state index contributed by atoms with van der Waals surface area (Å²) in [7, 11) is 0. The molecule has 0 spiro atoms.